The van der Waals surface area contributed by atoms with E-state index in [2.05, 4.69) is 16.8 Å². The average Bonchev–Trinajstić information content (AvgIpc) is 2.63. The quantitative estimate of drug-likeness (QED) is 0.477. The topological polar surface area (TPSA) is 131 Å². The molecule has 1 fully saturated rings. The number of aromatic nitrogens is 2. The zero-order valence-corrected chi connectivity index (χ0v) is 12.5. The van der Waals surface area contributed by atoms with Crippen LogP contribution >= 0.6 is 0 Å². The molecule has 0 amide bonds. The van der Waals surface area contributed by atoms with Gasteiger partial charge in [-0.2, -0.15) is 0 Å². The minimum Gasteiger partial charge on any atom is -0.391 e. The second-order valence-corrected chi connectivity index (χ2v) is 5.40. The highest BCUT2D eigenvalue weighted by atomic mass is 16.5. The van der Waals surface area contributed by atoms with Crippen molar-refractivity contribution < 1.29 is 14.9 Å². The molecule has 0 saturated carbocycles. The van der Waals surface area contributed by atoms with Gasteiger partial charge in [0.15, 0.2) is 11.8 Å². The molecule has 8 heteroatoms. The summed E-state index contributed by atoms with van der Waals surface area (Å²) in [6, 6.07) is 1.21. The molecule has 1 aromatic rings. The molecule has 5 atom stereocenters. The minimum absolute atomic E-state index is 0.310. The van der Waals surface area contributed by atoms with Crippen molar-refractivity contribution in [2.24, 2.45) is 5.73 Å². The molecule has 0 radical (unpaired) electrons. The number of aliphatic hydroxyl groups is 2. The standard InChI is InChI=1S/C14H19N3O5/c1-4-5-14(15)11(20)10(8(3)18)22-12(14)17-7(2)6-9(19)16-13(17)21/h6,8,10-12,18,20H,15H2,1-3H3,(H,16,19,21)/t8-,10+,11?,12+,14+/m0/s1. The fourth-order valence-electron chi connectivity index (χ4n) is 2.67. The van der Waals surface area contributed by atoms with E-state index in [1.807, 2.05) is 0 Å². The van der Waals surface area contributed by atoms with Crippen molar-refractivity contribution in [1.29, 1.82) is 0 Å². The number of nitrogens with zero attached hydrogens (tertiary/aromatic N) is 1. The third-order valence-corrected chi connectivity index (χ3v) is 3.72. The molecule has 1 saturated heterocycles. The van der Waals surface area contributed by atoms with E-state index >= 15 is 0 Å². The van der Waals surface area contributed by atoms with Gasteiger partial charge < -0.3 is 20.7 Å². The number of aliphatic hydroxyl groups excluding tert-OH is 2. The van der Waals surface area contributed by atoms with Crippen molar-refractivity contribution in [3.8, 4) is 11.8 Å². The zero-order chi connectivity index (χ0) is 16.7. The number of nitrogens with two attached hydrogens (primary N) is 1. The number of H-pyrrole nitrogens is 1. The summed E-state index contributed by atoms with van der Waals surface area (Å²) in [6.45, 7) is 4.52. The largest absolute Gasteiger partial charge is 0.391 e. The Morgan fingerprint density at radius 3 is 2.68 bits per heavy atom. The van der Waals surface area contributed by atoms with Crippen LogP contribution in [-0.2, 0) is 4.74 Å². The van der Waals surface area contributed by atoms with Gasteiger partial charge in [0.05, 0.1) is 6.10 Å². The number of aromatic amines is 1. The molecule has 1 unspecified atom stereocenters. The van der Waals surface area contributed by atoms with Gasteiger partial charge in [-0.15, -0.1) is 5.92 Å². The third-order valence-electron chi connectivity index (χ3n) is 3.72. The summed E-state index contributed by atoms with van der Waals surface area (Å²) in [4.78, 5) is 25.6. The molecular weight excluding hydrogens is 290 g/mol. The van der Waals surface area contributed by atoms with E-state index in [4.69, 9.17) is 10.5 Å². The van der Waals surface area contributed by atoms with E-state index in [1.165, 1.54) is 19.9 Å². The average molecular weight is 309 g/mol. The lowest BCUT2D eigenvalue weighted by molar-refractivity contribution is -0.0784. The number of hydrogen-bond acceptors (Lipinski definition) is 6. The van der Waals surface area contributed by atoms with Crippen LogP contribution in [0.25, 0.3) is 0 Å². The smallest absolute Gasteiger partial charge is 0.330 e. The molecule has 22 heavy (non-hydrogen) atoms. The van der Waals surface area contributed by atoms with Crippen LogP contribution in [0.1, 0.15) is 25.8 Å². The summed E-state index contributed by atoms with van der Waals surface area (Å²) in [5, 5.41) is 20.1. The number of rotatable bonds is 2. The molecule has 0 aliphatic carbocycles. The van der Waals surface area contributed by atoms with Crippen LogP contribution in [0.5, 0.6) is 0 Å². The monoisotopic (exact) mass is 309 g/mol. The summed E-state index contributed by atoms with van der Waals surface area (Å²) >= 11 is 0. The van der Waals surface area contributed by atoms with E-state index in [1.54, 1.807) is 6.92 Å². The molecule has 2 heterocycles. The predicted molar refractivity (Wildman–Crippen MR) is 78.0 cm³/mol. The van der Waals surface area contributed by atoms with E-state index < -0.39 is 41.3 Å². The normalized spacial score (nSPS) is 32.4. The maximum absolute atomic E-state index is 12.1. The molecule has 1 aromatic heterocycles. The first kappa shape index (κ1) is 16.5. The molecule has 8 nitrogen and oxygen atoms in total. The van der Waals surface area contributed by atoms with Crippen LogP contribution in [0.3, 0.4) is 0 Å². The van der Waals surface area contributed by atoms with Gasteiger partial charge in [-0.05, 0) is 20.8 Å². The molecule has 120 valence electrons. The van der Waals surface area contributed by atoms with E-state index in [9.17, 15) is 19.8 Å². The molecule has 2 rings (SSSR count). The van der Waals surface area contributed by atoms with Crippen LogP contribution < -0.4 is 17.0 Å². The maximum atomic E-state index is 12.1. The minimum atomic E-state index is -1.59. The fourth-order valence-corrected chi connectivity index (χ4v) is 2.67. The van der Waals surface area contributed by atoms with Gasteiger partial charge in [0.25, 0.3) is 5.56 Å². The second-order valence-electron chi connectivity index (χ2n) is 5.40. The molecular formula is C14H19N3O5. The maximum Gasteiger partial charge on any atom is 0.330 e. The van der Waals surface area contributed by atoms with Crippen molar-refractivity contribution in [2.45, 2.75) is 50.8 Å². The van der Waals surface area contributed by atoms with Crippen molar-refractivity contribution in [2.75, 3.05) is 0 Å². The van der Waals surface area contributed by atoms with Crippen molar-refractivity contribution in [1.82, 2.24) is 9.55 Å². The molecule has 0 bridgehead atoms. The molecule has 0 aromatic carbocycles. The highest BCUT2D eigenvalue weighted by Crippen LogP contribution is 2.37. The number of aryl methyl sites for hydroxylation is 1. The predicted octanol–water partition coefficient (Wildman–Crippen LogP) is -1.80. The van der Waals surface area contributed by atoms with Crippen molar-refractivity contribution in [3.05, 3.63) is 32.6 Å². The summed E-state index contributed by atoms with van der Waals surface area (Å²) in [5.41, 5.74) is 3.63. The highest BCUT2D eigenvalue weighted by Gasteiger charge is 2.56. The summed E-state index contributed by atoms with van der Waals surface area (Å²) in [5.74, 6) is 5.27. The highest BCUT2D eigenvalue weighted by molar-refractivity contribution is 5.26. The van der Waals surface area contributed by atoms with Crippen LogP contribution in [0.15, 0.2) is 15.7 Å². The van der Waals surface area contributed by atoms with Crippen LogP contribution in [0.4, 0.5) is 0 Å². The van der Waals surface area contributed by atoms with Gasteiger partial charge in [0.1, 0.15) is 12.2 Å². The molecule has 0 spiro atoms. The Hall–Kier alpha value is -1.92. The van der Waals surface area contributed by atoms with Gasteiger partial charge in [-0.25, -0.2) is 4.79 Å². The van der Waals surface area contributed by atoms with Crippen LogP contribution in [0, 0.1) is 18.8 Å². The Morgan fingerprint density at radius 2 is 2.18 bits per heavy atom. The van der Waals surface area contributed by atoms with Crippen molar-refractivity contribution in [3.63, 3.8) is 0 Å². The first-order chi connectivity index (χ1) is 10.2. The first-order valence-corrected chi connectivity index (χ1v) is 6.79. The zero-order valence-electron chi connectivity index (χ0n) is 12.5. The lowest BCUT2D eigenvalue weighted by atomic mass is 9.90. The Morgan fingerprint density at radius 1 is 1.55 bits per heavy atom. The molecule has 5 N–H and O–H groups in total. The van der Waals surface area contributed by atoms with Gasteiger partial charge in [0, 0.05) is 11.8 Å². The Balaban J connectivity index is 2.64. The Kier molecular flexibility index (Phi) is 4.26. The number of ether oxygens (including phenoxy) is 1. The summed E-state index contributed by atoms with van der Waals surface area (Å²) < 4.78 is 6.73. The van der Waals surface area contributed by atoms with E-state index in [0.29, 0.717) is 5.69 Å². The van der Waals surface area contributed by atoms with Gasteiger partial charge in [-0.1, -0.05) is 5.92 Å². The Labute approximate surface area is 126 Å². The van der Waals surface area contributed by atoms with Crippen molar-refractivity contribution >= 4 is 0 Å². The third kappa shape index (κ3) is 2.48. The SMILES string of the molecule is CC#C[C@@]1(N)C(O)[C@@H]([C@H](C)O)O[C@H]1n1c(C)cc(=O)[nH]c1=O. The van der Waals surface area contributed by atoms with Crippen LogP contribution in [0.2, 0.25) is 0 Å². The summed E-state index contributed by atoms with van der Waals surface area (Å²) in [7, 11) is 0. The molecule has 1 aliphatic rings. The fraction of sp³-hybridized carbons (Fsp3) is 0.571. The van der Waals surface area contributed by atoms with E-state index in [0.717, 1.165) is 4.57 Å². The lowest BCUT2D eigenvalue weighted by Gasteiger charge is -2.29. The Bertz CT molecular complexity index is 741. The number of hydrogen-bond donors (Lipinski definition) is 4. The van der Waals surface area contributed by atoms with Gasteiger partial charge in [0.2, 0.25) is 0 Å². The number of nitrogens with one attached hydrogen (secondary N) is 1. The van der Waals surface area contributed by atoms with Crippen LogP contribution in [-0.4, -0.2) is 43.6 Å². The second kappa shape index (κ2) is 5.70. The lowest BCUT2D eigenvalue weighted by Crippen LogP contribution is -2.56. The summed E-state index contributed by atoms with van der Waals surface area (Å²) in [6.07, 6.45) is -4.46. The molecule has 1 aliphatic heterocycles. The van der Waals surface area contributed by atoms with E-state index in [-0.39, 0.29) is 0 Å². The van der Waals surface area contributed by atoms with Gasteiger partial charge >= 0.3 is 5.69 Å². The van der Waals surface area contributed by atoms with Gasteiger partial charge in [-0.3, -0.25) is 14.3 Å². The first-order valence-electron chi connectivity index (χ1n) is 6.79.